The number of aryl methyl sites for hydroxylation is 1. The summed E-state index contributed by atoms with van der Waals surface area (Å²) in [6, 6.07) is 9.20. The second-order valence-electron chi connectivity index (χ2n) is 6.10. The van der Waals surface area contributed by atoms with Gasteiger partial charge in [-0.05, 0) is 50.1 Å². The number of rotatable bonds is 1. The minimum atomic E-state index is 0.818. The summed E-state index contributed by atoms with van der Waals surface area (Å²) in [6.45, 7) is 4.85. The quantitative estimate of drug-likeness (QED) is 0.713. The highest BCUT2D eigenvalue weighted by molar-refractivity contribution is 5.27. The van der Waals surface area contributed by atoms with Crippen molar-refractivity contribution in [2.45, 2.75) is 32.1 Å². The Balaban J connectivity index is 1.87. The SMILES string of the molecule is Cc1cccc([C@H]2CCC[C@@H]3CN(C)C[C@H]32)c1. The van der Waals surface area contributed by atoms with Crippen LogP contribution in [0.3, 0.4) is 0 Å². The van der Waals surface area contributed by atoms with E-state index in [0.717, 1.165) is 17.8 Å². The van der Waals surface area contributed by atoms with Gasteiger partial charge in [-0.15, -0.1) is 0 Å². The molecule has 0 radical (unpaired) electrons. The van der Waals surface area contributed by atoms with Gasteiger partial charge in [0.05, 0.1) is 0 Å². The van der Waals surface area contributed by atoms with Crippen LogP contribution in [0, 0.1) is 18.8 Å². The highest BCUT2D eigenvalue weighted by Gasteiger charge is 2.39. The lowest BCUT2D eigenvalue weighted by atomic mass is 9.71. The first-order chi connectivity index (χ1) is 8.24. The number of likely N-dealkylation sites (tertiary alicyclic amines) is 1. The summed E-state index contributed by atoms with van der Waals surface area (Å²) >= 11 is 0. The van der Waals surface area contributed by atoms with Crippen molar-refractivity contribution in [3.63, 3.8) is 0 Å². The standard InChI is InChI=1S/C16H23N/c1-12-5-3-6-13(9-12)15-8-4-7-14-10-17(2)11-16(14)15/h3,5-6,9,14-16H,4,7-8,10-11H2,1-2H3/t14-,15-,16-/m1/s1. The van der Waals surface area contributed by atoms with Gasteiger partial charge in [-0.1, -0.05) is 36.2 Å². The van der Waals surface area contributed by atoms with Gasteiger partial charge in [0.1, 0.15) is 0 Å². The first-order valence-corrected chi connectivity index (χ1v) is 6.99. The maximum atomic E-state index is 2.53. The maximum Gasteiger partial charge on any atom is 0.00157 e. The fourth-order valence-electron chi connectivity index (χ4n) is 4.01. The molecule has 2 aliphatic rings. The second kappa shape index (κ2) is 4.45. The van der Waals surface area contributed by atoms with Gasteiger partial charge < -0.3 is 4.90 Å². The molecule has 1 nitrogen and oxygen atoms in total. The van der Waals surface area contributed by atoms with E-state index in [0.29, 0.717) is 0 Å². The van der Waals surface area contributed by atoms with Crippen molar-refractivity contribution >= 4 is 0 Å². The summed E-state index contributed by atoms with van der Waals surface area (Å²) in [4.78, 5) is 2.53. The summed E-state index contributed by atoms with van der Waals surface area (Å²) in [5, 5.41) is 0. The van der Waals surface area contributed by atoms with Gasteiger partial charge in [-0.25, -0.2) is 0 Å². The molecule has 1 heterocycles. The predicted octanol–water partition coefficient (Wildman–Crippen LogP) is 3.44. The summed E-state index contributed by atoms with van der Waals surface area (Å²) in [6.07, 6.45) is 4.28. The molecule has 1 heteroatoms. The Morgan fingerprint density at radius 1 is 1.18 bits per heavy atom. The molecule has 3 rings (SSSR count). The summed E-state index contributed by atoms with van der Waals surface area (Å²) < 4.78 is 0. The largest absolute Gasteiger partial charge is 0.306 e. The third-order valence-corrected chi connectivity index (χ3v) is 4.75. The Kier molecular flexibility index (Phi) is 2.96. The van der Waals surface area contributed by atoms with Crippen LogP contribution in [0.15, 0.2) is 24.3 Å². The fraction of sp³-hybridized carbons (Fsp3) is 0.625. The van der Waals surface area contributed by atoms with E-state index in [9.17, 15) is 0 Å². The van der Waals surface area contributed by atoms with E-state index >= 15 is 0 Å². The van der Waals surface area contributed by atoms with Crippen molar-refractivity contribution in [2.24, 2.45) is 11.8 Å². The number of nitrogens with zero attached hydrogens (tertiary/aromatic N) is 1. The van der Waals surface area contributed by atoms with Gasteiger partial charge >= 0.3 is 0 Å². The number of hydrogen-bond acceptors (Lipinski definition) is 1. The van der Waals surface area contributed by atoms with Crippen molar-refractivity contribution in [1.82, 2.24) is 4.90 Å². The topological polar surface area (TPSA) is 3.24 Å². The zero-order valence-corrected chi connectivity index (χ0v) is 11.0. The monoisotopic (exact) mass is 229 g/mol. The number of fused-ring (bicyclic) bond motifs is 1. The average Bonchev–Trinajstić information content (AvgIpc) is 2.68. The van der Waals surface area contributed by atoms with Gasteiger partial charge in [-0.3, -0.25) is 0 Å². The molecule has 3 atom stereocenters. The molecule has 1 saturated carbocycles. The smallest absolute Gasteiger partial charge is 0.00157 e. The zero-order chi connectivity index (χ0) is 11.8. The molecule has 0 aromatic heterocycles. The van der Waals surface area contributed by atoms with E-state index in [1.165, 1.54) is 37.9 Å². The van der Waals surface area contributed by atoms with E-state index in [1.807, 2.05) is 0 Å². The minimum absolute atomic E-state index is 0.818. The Morgan fingerprint density at radius 2 is 2.06 bits per heavy atom. The lowest BCUT2D eigenvalue weighted by molar-refractivity contribution is 0.258. The van der Waals surface area contributed by atoms with Crippen LogP contribution in [-0.2, 0) is 0 Å². The van der Waals surface area contributed by atoms with Crippen LogP contribution in [0.4, 0.5) is 0 Å². The van der Waals surface area contributed by atoms with Crippen LogP contribution in [0.2, 0.25) is 0 Å². The van der Waals surface area contributed by atoms with Crippen LogP contribution < -0.4 is 0 Å². The normalized spacial score (nSPS) is 33.6. The molecule has 1 saturated heterocycles. The molecular formula is C16H23N. The van der Waals surface area contributed by atoms with Crippen molar-refractivity contribution in [3.05, 3.63) is 35.4 Å². The third-order valence-electron chi connectivity index (χ3n) is 4.75. The minimum Gasteiger partial charge on any atom is -0.306 e. The molecule has 0 unspecified atom stereocenters. The molecule has 0 spiro atoms. The highest BCUT2D eigenvalue weighted by Crippen LogP contribution is 2.44. The summed E-state index contributed by atoms with van der Waals surface area (Å²) in [5.74, 6) is 2.69. The average molecular weight is 229 g/mol. The van der Waals surface area contributed by atoms with Crippen molar-refractivity contribution in [2.75, 3.05) is 20.1 Å². The molecule has 1 aliphatic heterocycles. The molecule has 2 fully saturated rings. The summed E-state index contributed by atoms with van der Waals surface area (Å²) in [5.41, 5.74) is 3.01. The van der Waals surface area contributed by atoms with Gasteiger partial charge in [0.25, 0.3) is 0 Å². The van der Waals surface area contributed by atoms with E-state index in [2.05, 4.69) is 43.1 Å². The van der Waals surface area contributed by atoms with E-state index < -0.39 is 0 Å². The van der Waals surface area contributed by atoms with Crippen LogP contribution in [-0.4, -0.2) is 25.0 Å². The summed E-state index contributed by atoms with van der Waals surface area (Å²) in [7, 11) is 2.28. The van der Waals surface area contributed by atoms with Crippen molar-refractivity contribution in [1.29, 1.82) is 0 Å². The number of benzene rings is 1. The van der Waals surface area contributed by atoms with Crippen LogP contribution in [0.25, 0.3) is 0 Å². The lowest BCUT2D eigenvalue weighted by Gasteiger charge is -2.33. The first-order valence-electron chi connectivity index (χ1n) is 6.99. The van der Waals surface area contributed by atoms with Crippen LogP contribution >= 0.6 is 0 Å². The van der Waals surface area contributed by atoms with Gasteiger partial charge in [-0.2, -0.15) is 0 Å². The third kappa shape index (κ3) is 2.13. The van der Waals surface area contributed by atoms with Gasteiger partial charge in [0, 0.05) is 13.1 Å². The molecule has 1 aromatic rings. The molecule has 0 bridgehead atoms. The first kappa shape index (κ1) is 11.3. The Morgan fingerprint density at radius 3 is 2.88 bits per heavy atom. The molecule has 0 amide bonds. The highest BCUT2D eigenvalue weighted by atomic mass is 15.1. The van der Waals surface area contributed by atoms with Gasteiger partial charge in [0.15, 0.2) is 0 Å². The molecular weight excluding hydrogens is 206 g/mol. The Bertz CT molecular complexity index is 398. The fourth-order valence-corrected chi connectivity index (χ4v) is 4.01. The van der Waals surface area contributed by atoms with Crippen molar-refractivity contribution in [3.8, 4) is 0 Å². The Hall–Kier alpha value is -0.820. The van der Waals surface area contributed by atoms with Crippen LogP contribution in [0.1, 0.15) is 36.3 Å². The molecule has 1 aliphatic carbocycles. The zero-order valence-electron chi connectivity index (χ0n) is 11.0. The maximum absolute atomic E-state index is 2.53. The van der Waals surface area contributed by atoms with Gasteiger partial charge in [0.2, 0.25) is 0 Å². The molecule has 92 valence electrons. The molecule has 1 aromatic carbocycles. The predicted molar refractivity (Wildman–Crippen MR) is 72.2 cm³/mol. The molecule has 17 heavy (non-hydrogen) atoms. The second-order valence-corrected chi connectivity index (χ2v) is 6.10. The number of hydrogen-bond donors (Lipinski definition) is 0. The molecule has 0 N–H and O–H groups in total. The van der Waals surface area contributed by atoms with Crippen LogP contribution in [0.5, 0.6) is 0 Å². The Labute approximate surface area is 105 Å². The van der Waals surface area contributed by atoms with E-state index in [-0.39, 0.29) is 0 Å². The lowest BCUT2D eigenvalue weighted by Crippen LogP contribution is -2.25. The van der Waals surface area contributed by atoms with E-state index in [1.54, 1.807) is 5.56 Å². The van der Waals surface area contributed by atoms with E-state index in [4.69, 9.17) is 0 Å². The van der Waals surface area contributed by atoms with Crippen molar-refractivity contribution < 1.29 is 0 Å².